The van der Waals surface area contributed by atoms with Crippen LogP contribution in [0, 0.1) is 0 Å². The second-order valence-electron chi connectivity index (χ2n) is 5.37. The molecule has 0 heteroatoms. The van der Waals surface area contributed by atoms with Gasteiger partial charge in [-0.1, -0.05) is 72.8 Å². The zero-order valence-electron chi connectivity index (χ0n) is 11.8. The average molecular weight is 260 g/mol. The predicted molar refractivity (Wildman–Crippen MR) is 87.3 cm³/mol. The molecule has 0 N–H and O–H groups in total. The molecule has 2 aromatic carbocycles. The van der Waals surface area contributed by atoms with E-state index < -0.39 is 0 Å². The smallest absolute Gasteiger partial charge is 0.0254 e. The molecule has 0 bridgehead atoms. The molecule has 0 aliphatic heterocycles. The molecule has 0 heterocycles. The van der Waals surface area contributed by atoms with Gasteiger partial charge in [0.1, 0.15) is 0 Å². The van der Waals surface area contributed by atoms with Crippen molar-refractivity contribution < 1.29 is 0 Å². The van der Waals surface area contributed by atoms with E-state index in [1.54, 1.807) is 0 Å². The van der Waals surface area contributed by atoms with Crippen LogP contribution in [0.25, 0.3) is 12.2 Å². The van der Waals surface area contributed by atoms with Gasteiger partial charge in [0, 0.05) is 0 Å². The molecule has 0 unspecified atom stereocenters. The molecule has 0 nitrogen and oxygen atoms in total. The van der Waals surface area contributed by atoms with Crippen LogP contribution in [-0.4, -0.2) is 0 Å². The molecule has 20 heavy (non-hydrogen) atoms. The monoisotopic (exact) mass is 260 g/mol. The first-order valence-electron chi connectivity index (χ1n) is 7.43. The highest BCUT2D eigenvalue weighted by atomic mass is 14.2. The summed E-state index contributed by atoms with van der Waals surface area (Å²) >= 11 is 0. The van der Waals surface area contributed by atoms with Gasteiger partial charge in [-0.3, -0.25) is 0 Å². The van der Waals surface area contributed by atoms with E-state index in [2.05, 4.69) is 72.8 Å². The number of rotatable bonds is 2. The Morgan fingerprint density at radius 1 is 0.550 bits per heavy atom. The van der Waals surface area contributed by atoms with Crippen molar-refractivity contribution in [3.8, 4) is 0 Å². The van der Waals surface area contributed by atoms with Gasteiger partial charge < -0.3 is 0 Å². The molecule has 0 atom stereocenters. The van der Waals surface area contributed by atoms with Gasteiger partial charge in [0.25, 0.3) is 0 Å². The molecular formula is C20H20. The largest absolute Gasteiger partial charge is 0.0622 e. The molecule has 0 aromatic heterocycles. The highest BCUT2D eigenvalue weighted by Crippen LogP contribution is 2.31. The predicted octanol–water partition coefficient (Wildman–Crippen LogP) is 5.73. The minimum absolute atomic E-state index is 1.20. The third-order valence-corrected chi connectivity index (χ3v) is 3.84. The summed E-state index contributed by atoms with van der Waals surface area (Å²) in [7, 11) is 0. The minimum Gasteiger partial charge on any atom is -0.0622 e. The second kappa shape index (κ2) is 6.38. The van der Waals surface area contributed by atoms with Gasteiger partial charge in [-0.15, -0.1) is 0 Å². The van der Waals surface area contributed by atoms with Gasteiger partial charge in [0.15, 0.2) is 0 Å². The summed E-state index contributed by atoms with van der Waals surface area (Å²) in [5.41, 5.74) is 5.63. The van der Waals surface area contributed by atoms with Crippen molar-refractivity contribution in [2.24, 2.45) is 0 Å². The highest BCUT2D eigenvalue weighted by Gasteiger charge is 2.11. The number of benzene rings is 2. The first-order chi connectivity index (χ1) is 9.92. The Kier molecular flexibility index (Phi) is 4.13. The third-order valence-electron chi connectivity index (χ3n) is 3.84. The van der Waals surface area contributed by atoms with Crippen molar-refractivity contribution >= 4 is 12.2 Å². The quantitative estimate of drug-likeness (QED) is 0.647. The van der Waals surface area contributed by atoms with E-state index in [4.69, 9.17) is 0 Å². The van der Waals surface area contributed by atoms with Crippen LogP contribution in [-0.2, 0) is 0 Å². The molecule has 0 saturated heterocycles. The molecule has 1 saturated carbocycles. The molecule has 0 spiro atoms. The maximum atomic E-state index is 2.36. The Labute approximate surface area is 121 Å². The van der Waals surface area contributed by atoms with Crippen LogP contribution in [0.1, 0.15) is 36.8 Å². The Morgan fingerprint density at radius 2 is 0.950 bits per heavy atom. The van der Waals surface area contributed by atoms with E-state index in [-0.39, 0.29) is 0 Å². The summed E-state index contributed by atoms with van der Waals surface area (Å²) in [6.45, 7) is 0. The molecule has 100 valence electrons. The summed E-state index contributed by atoms with van der Waals surface area (Å²) in [6, 6.07) is 21.3. The minimum atomic E-state index is 1.20. The number of allylic oxidation sites excluding steroid dienone is 2. The normalized spacial score (nSPS) is 19.4. The lowest BCUT2D eigenvalue weighted by atomic mass is 9.87. The third kappa shape index (κ3) is 3.27. The van der Waals surface area contributed by atoms with Crippen molar-refractivity contribution in [1.82, 2.24) is 0 Å². The van der Waals surface area contributed by atoms with E-state index >= 15 is 0 Å². The van der Waals surface area contributed by atoms with Crippen LogP contribution < -0.4 is 0 Å². The zero-order chi connectivity index (χ0) is 13.6. The van der Waals surface area contributed by atoms with E-state index in [0.29, 0.717) is 0 Å². The van der Waals surface area contributed by atoms with Gasteiger partial charge in [0.2, 0.25) is 0 Å². The van der Waals surface area contributed by atoms with Crippen LogP contribution in [0.5, 0.6) is 0 Å². The van der Waals surface area contributed by atoms with Crippen molar-refractivity contribution in [2.75, 3.05) is 0 Å². The fraction of sp³-hybridized carbons (Fsp3) is 0.200. The van der Waals surface area contributed by atoms with Gasteiger partial charge in [-0.2, -0.15) is 0 Å². The fourth-order valence-corrected chi connectivity index (χ4v) is 2.78. The Hall–Kier alpha value is -2.08. The van der Waals surface area contributed by atoms with Crippen molar-refractivity contribution in [1.29, 1.82) is 0 Å². The summed E-state index contributed by atoms with van der Waals surface area (Å²) in [5, 5.41) is 0. The first kappa shape index (κ1) is 12.9. The van der Waals surface area contributed by atoms with Crippen LogP contribution in [0.4, 0.5) is 0 Å². The Morgan fingerprint density at radius 3 is 1.35 bits per heavy atom. The van der Waals surface area contributed by atoms with Gasteiger partial charge in [-0.25, -0.2) is 0 Å². The van der Waals surface area contributed by atoms with E-state index in [9.17, 15) is 0 Å². The van der Waals surface area contributed by atoms with E-state index in [1.165, 1.54) is 48.0 Å². The van der Waals surface area contributed by atoms with Crippen LogP contribution in [0.3, 0.4) is 0 Å². The van der Waals surface area contributed by atoms with Gasteiger partial charge >= 0.3 is 0 Å². The standard InChI is InChI=1S/C20H20/c1-3-9-17(10-4-1)15-19-13-7-8-14-20(19)16-18-11-5-2-6-12-18/h1-6,9-12,15-16H,7-8,13-14H2/b19-15-,20-16+. The fourth-order valence-electron chi connectivity index (χ4n) is 2.78. The lowest BCUT2D eigenvalue weighted by molar-refractivity contribution is 0.685. The lowest BCUT2D eigenvalue weighted by Crippen LogP contribution is -1.98. The van der Waals surface area contributed by atoms with Crippen LogP contribution in [0.2, 0.25) is 0 Å². The van der Waals surface area contributed by atoms with Crippen molar-refractivity contribution in [3.05, 3.63) is 82.9 Å². The summed E-state index contributed by atoms with van der Waals surface area (Å²) in [6.07, 6.45) is 9.73. The van der Waals surface area contributed by atoms with Crippen LogP contribution in [0.15, 0.2) is 71.8 Å². The summed E-state index contributed by atoms with van der Waals surface area (Å²) in [4.78, 5) is 0. The maximum absolute atomic E-state index is 2.36. The average Bonchev–Trinajstić information content (AvgIpc) is 2.51. The van der Waals surface area contributed by atoms with Crippen molar-refractivity contribution in [2.45, 2.75) is 25.7 Å². The van der Waals surface area contributed by atoms with E-state index in [1.807, 2.05) is 0 Å². The number of hydrogen-bond acceptors (Lipinski definition) is 0. The second-order valence-corrected chi connectivity index (χ2v) is 5.37. The molecule has 1 fully saturated rings. The molecule has 0 amide bonds. The highest BCUT2D eigenvalue weighted by molar-refractivity contribution is 5.66. The first-order valence-corrected chi connectivity index (χ1v) is 7.43. The molecule has 0 radical (unpaired) electrons. The molecule has 1 aliphatic rings. The van der Waals surface area contributed by atoms with Gasteiger partial charge in [0.05, 0.1) is 0 Å². The SMILES string of the molecule is C(=C1\CCCC\C1=C/c1ccccc1)/c1ccccc1. The topological polar surface area (TPSA) is 0 Å². The molecular weight excluding hydrogens is 240 g/mol. The van der Waals surface area contributed by atoms with Crippen molar-refractivity contribution in [3.63, 3.8) is 0 Å². The molecule has 1 aliphatic carbocycles. The molecule has 2 aromatic rings. The van der Waals surface area contributed by atoms with E-state index in [0.717, 1.165) is 0 Å². The lowest BCUT2D eigenvalue weighted by Gasteiger charge is -2.18. The Bertz CT molecular complexity index is 546. The zero-order valence-corrected chi connectivity index (χ0v) is 11.8. The van der Waals surface area contributed by atoms with Crippen LogP contribution >= 0.6 is 0 Å². The summed E-state index contributed by atoms with van der Waals surface area (Å²) in [5.74, 6) is 0. The maximum Gasteiger partial charge on any atom is -0.0254 e. The van der Waals surface area contributed by atoms with Gasteiger partial charge in [-0.05, 0) is 48.0 Å². The number of hydrogen-bond donors (Lipinski definition) is 0. The Balaban J connectivity index is 1.92. The molecule has 3 rings (SSSR count). The summed E-state index contributed by atoms with van der Waals surface area (Å²) < 4.78 is 0.